The van der Waals surface area contributed by atoms with Crippen LogP contribution in [0, 0.1) is 5.92 Å². The number of hydrogen-bond donors (Lipinski definition) is 0. The molecule has 0 bridgehead atoms. The first-order valence-electron chi connectivity index (χ1n) is 6.98. The molecule has 0 radical (unpaired) electrons. The van der Waals surface area contributed by atoms with Crippen molar-refractivity contribution in [2.45, 2.75) is 30.6 Å². The molecule has 3 rings (SSSR count). The Balaban J connectivity index is 1.61. The molecule has 1 fully saturated rings. The Morgan fingerprint density at radius 1 is 1.25 bits per heavy atom. The lowest BCUT2D eigenvalue weighted by molar-refractivity contribution is -0.120. The average molecular weight is 313 g/mol. The summed E-state index contributed by atoms with van der Waals surface area (Å²) in [4.78, 5) is 12.6. The first kappa shape index (κ1) is 14.1. The lowest BCUT2D eigenvalue weighted by atomic mass is 10.1. The number of ketones is 1. The molecule has 1 aromatic carbocycles. The fourth-order valence-corrected chi connectivity index (χ4v) is 3.99. The van der Waals surface area contributed by atoms with E-state index in [4.69, 9.17) is 21.1 Å². The number of carbonyl (C=O) groups excluding carboxylic acids is 1. The SMILES string of the molecule is O=C1CCCC1CCSc1cc2c(cc1Cl)OCCO2. The van der Waals surface area contributed by atoms with Gasteiger partial charge in [-0.1, -0.05) is 11.6 Å². The van der Waals surface area contributed by atoms with Crippen molar-refractivity contribution >= 4 is 29.1 Å². The van der Waals surface area contributed by atoms with Crippen molar-refractivity contribution in [3.05, 3.63) is 17.2 Å². The van der Waals surface area contributed by atoms with E-state index in [1.54, 1.807) is 11.8 Å². The molecule has 1 aromatic rings. The van der Waals surface area contributed by atoms with Gasteiger partial charge in [-0.05, 0) is 31.1 Å². The van der Waals surface area contributed by atoms with E-state index in [0.29, 0.717) is 24.0 Å². The summed E-state index contributed by atoms with van der Waals surface area (Å²) in [5.74, 6) is 3.09. The highest BCUT2D eigenvalue weighted by molar-refractivity contribution is 7.99. The van der Waals surface area contributed by atoms with E-state index >= 15 is 0 Å². The van der Waals surface area contributed by atoms with Crippen molar-refractivity contribution in [3.8, 4) is 11.5 Å². The monoisotopic (exact) mass is 312 g/mol. The van der Waals surface area contributed by atoms with Gasteiger partial charge in [0.1, 0.15) is 19.0 Å². The molecule has 0 spiro atoms. The second-order valence-electron chi connectivity index (χ2n) is 5.12. The van der Waals surface area contributed by atoms with Crippen LogP contribution in [0.5, 0.6) is 11.5 Å². The van der Waals surface area contributed by atoms with E-state index < -0.39 is 0 Å². The standard InChI is InChI=1S/C15H17ClO3S/c16-11-8-13-14(19-6-5-18-13)9-15(11)20-7-4-10-2-1-3-12(10)17/h8-10H,1-7H2. The number of halogens is 1. The summed E-state index contributed by atoms with van der Waals surface area (Å²) < 4.78 is 11.1. The quantitative estimate of drug-likeness (QED) is 0.788. The highest BCUT2D eigenvalue weighted by Gasteiger charge is 2.24. The molecule has 0 N–H and O–H groups in total. The molecular weight excluding hydrogens is 296 g/mol. The molecule has 1 aliphatic heterocycles. The summed E-state index contributed by atoms with van der Waals surface area (Å²) in [6, 6.07) is 3.76. The summed E-state index contributed by atoms with van der Waals surface area (Å²) >= 11 is 7.95. The molecule has 108 valence electrons. The van der Waals surface area contributed by atoms with Crippen molar-refractivity contribution in [2.24, 2.45) is 5.92 Å². The molecule has 1 heterocycles. The Morgan fingerprint density at radius 2 is 2.00 bits per heavy atom. The minimum atomic E-state index is 0.262. The third kappa shape index (κ3) is 3.07. The molecule has 20 heavy (non-hydrogen) atoms. The Morgan fingerprint density at radius 3 is 2.70 bits per heavy atom. The molecule has 0 amide bonds. The normalized spacial score (nSPS) is 21.2. The number of ether oxygens (including phenoxy) is 2. The van der Waals surface area contributed by atoms with Gasteiger partial charge < -0.3 is 9.47 Å². The zero-order valence-electron chi connectivity index (χ0n) is 11.2. The van der Waals surface area contributed by atoms with Gasteiger partial charge in [-0.25, -0.2) is 0 Å². The topological polar surface area (TPSA) is 35.5 Å². The van der Waals surface area contributed by atoms with Gasteiger partial charge in [-0.2, -0.15) is 0 Å². The van der Waals surface area contributed by atoms with E-state index in [2.05, 4.69) is 0 Å². The lowest BCUT2D eigenvalue weighted by Crippen LogP contribution is -2.15. The van der Waals surface area contributed by atoms with E-state index in [1.165, 1.54) is 0 Å². The van der Waals surface area contributed by atoms with Gasteiger partial charge in [0.15, 0.2) is 11.5 Å². The van der Waals surface area contributed by atoms with E-state index in [0.717, 1.165) is 47.8 Å². The van der Waals surface area contributed by atoms with E-state index in [1.807, 2.05) is 12.1 Å². The van der Waals surface area contributed by atoms with E-state index in [-0.39, 0.29) is 5.92 Å². The molecule has 1 atom stereocenters. The summed E-state index contributed by atoms with van der Waals surface area (Å²) in [6.45, 7) is 1.15. The summed E-state index contributed by atoms with van der Waals surface area (Å²) in [5.41, 5.74) is 0. The van der Waals surface area contributed by atoms with Crippen molar-refractivity contribution in [1.29, 1.82) is 0 Å². The summed E-state index contributed by atoms with van der Waals surface area (Å²) in [5, 5.41) is 0.692. The number of benzene rings is 1. The molecular formula is C15H17ClO3S. The highest BCUT2D eigenvalue weighted by Crippen LogP contribution is 2.40. The fraction of sp³-hybridized carbons (Fsp3) is 0.533. The van der Waals surface area contributed by atoms with Gasteiger partial charge in [0.05, 0.1) is 5.02 Å². The van der Waals surface area contributed by atoms with Crippen molar-refractivity contribution in [1.82, 2.24) is 0 Å². The van der Waals surface area contributed by atoms with Gasteiger partial charge in [0, 0.05) is 23.3 Å². The minimum absolute atomic E-state index is 0.262. The summed E-state index contributed by atoms with van der Waals surface area (Å²) in [7, 11) is 0. The van der Waals surface area contributed by atoms with Crippen molar-refractivity contribution in [3.63, 3.8) is 0 Å². The smallest absolute Gasteiger partial charge is 0.162 e. The number of carbonyl (C=O) groups is 1. The second kappa shape index (κ2) is 6.27. The van der Waals surface area contributed by atoms with Crippen LogP contribution in [0.2, 0.25) is 5.02 Å². The largest absolute Gasteiger partial charge is 0.486 e. The Kier molecular flexibility index (Phi) is 4.41. The number of hydrogen-bond acceptors (Lipinski definition) is 4. The zero-order valence-corrected chi connectivity index (χ0v) is 12.8. The van der Waals surface area contributed by atoms with Crippen LogP contribution in [0.3, 0.4) is 0 Å². The van der Waals surface area contributed by atoms with Crippen LogP contribution in [0.25, 0.3) is 0 Å². The van der Waals surface area contributed by atoms with Crippen LogP contribution in [0.15, 0.2) is 17.0 Å². The van der Waals surface area contributed by atoms with Crippen LogP contribution in [-0.4, -0.2) is 24.7 Å². The third-order valence-corrected chi connectivity index (χ3v) is 5.27. The molecule has 1 unspecified atom stereocenters. The van der Waals surface area contributed by atoms with Gasteiger partial charge in [-0.15, -0.1) is 11.8 Å². The maximum atomic E-state index is 11.6. The van der Waals surface area contributed by atoms with Crippen LogP contribution >= 0.6 is 23.4 Å². The number of rotatable bonds is 4. The van der Waals surface area contributed by atoms with Gasteiger partial charge in [0.2, 0.25) is 0 Å². The number of Topliss-reactive ketones (excluding diaryl/α,β-unsaturated/α-hetero) is 1. The highest BCUT2D eigenvalue weighted by atomic mass is 35.5. The fourth-order valence-electron chi connectivity index (χ4n) is 2.66. The molecule has 3 nitrogen and oxygen atoms in total. The predicted molar refractivity (Wildman–Crippen MR) is 80.1 cm³/mol. The van der Waals surface area contributed by atoms with Crippen LogP contribution in [0.1, 0.15) is 25.7 Å². The molecule has 2 aliphatic rings. The van der Waals surface area contributed by atoms with Gasteiger partial charge in [0.25, 0.3) is 0 Å². The molecule has 1 saturated carbocycles. The summed E-state index contributed by atoms with van der Waals surface area (Å²) in [6.07, 6.45) is 3.81. The molecule has 1 aliphatic carbocycles. The molecule has 5 heteroatoms. The van der Waals surface area contributed by atoms with E-state index in [9.17, 15) is 4.79 Å². The first-order valence-corrected chi connectivity index (χ1v) is 8.35. The Bertz CT molecular complexity index is 518. The first-order chi connectivity index (χ1) is 9.74. The molecule has 0 saturated heterocycles. The minimum Gasteiger partial charge on any atom is -0.486 e. The molecule has 0 aromatic heterocycles. The predicted octanol–water partition coefficient (Wildman–Crippen LogP) is 3.96. The Hall–Kier alpha value is -0.870. The van der Waals surface area contributed by atoms with Crippen molar-refractivity contribution in [2.75, 3.05) is 19.0 Å². The lowest BCUT2D eigenvalue weighted by Gasteiger charge is -2.19. The maximum Gasteiger partial charge on any atom is 0.162 e. The van der Waals surface area contributed by atoms with Gasteiger partial charge in [-0.3, -0.25) is 4.79 Å². The number of fused-ring (bicyclic) bond motifs is 1. The van der Waals surface area contributed by atoms with Crippen LogP contribution in [0.4, 0.5) is 0 Å². The average Bonchev–Trinajstić information content (AvgIpc) is 2.85. The van der Waals surface area contributed by atoms with Crippen molar-refractivity contribution < 1.29 is 14.3 Å². The van der Waals surface area contributed by atoms with Crippen LogP contribution < -0.4 is 9.47 Å². The van der Waals surface area contributed by atoms with Gasteiger partial charge >= 0.3 is 0 Å². The second-order valence-corrected chi connectivity index (χ2v) is 6.66. The number of thioether (sulfide) groups is 1. The Labute approximate surface area is 128 Å². The maximum absolute atomic E-state index is 11.6. The third-order valence-electron chi connectivity index (χ3n) is 3.75. The zero-order chi connectivity index (χ0) is 13.9. The van der Waals surface area contributed by atoms with Crippen LogP contribution in [-0.2, 0) is 4.79 Å².